The van der Waals surface area contributed by atoms with Gasteiger partial charge in [0.1, 0.15) is 11.4 Å². The van der Waals surface area contributed by atoms with E-state index >= 15 is 0 Å². The number of carbonyl (C=O) groups excluding carboxylic acids is 1. The number of sulfonamides is 1. The number of benzene rings is 1. The molecule has 12 nitrogen and oxygen atoms in total. The summed E-state index contributed by atoms with van der Waals surface area (Å²) >= 11 is 0. The molecule has 0 atom stereocenters. The molecule has 1 aromatic carbocycles. The largest absolute Gasteiger partial charge is 0.480 e. The number of fused-ring (bicyclic) bond motifs is 1. The number of methoxy groups -OCH3 is 1. The molecular formula is C28H34N8O4S. The minimum atomic E-state index is -3.56. The summed E-state index contributed by atoms with van der Waals surface area (Å²) in [5.74, 6) is -0.202. The van der Waals surface area contributed by atoms with Crippen molar-refractivity contribution in [3.8, 4) is 17.0 Å². The number of amides is 1. The van der Waals surface area contributed by atoms with Gasteiger partial charge in [-0.3, -0.25) is 24.4 Å². The molecule has 13 heteroatoms. The number of pyridine rings is 2. The molecule has 1 amide bonds. The topological polar surface area (TPSA) is 145 Å². The summed E-state index contributed by atoms with van der Waals surface area (Å²) in [6.07, 6.45) is 4.26. The number of rotatable bonds is 9. The van der Waals surface area contributed by atoms with Gasteiger partial charge in [0.25, 0.3) is 5.91 Å². The average molecular weight is 579 g/mol. The third kappa shape index (κ3) is 6.81. The summed E-state index contributed by atoms with van der Waals surface area (Å²) in [6, 6.07) is 11.3. The molecule has 41 heavy (non-hydrogen) atoms. The van der Waals surface area contributed by atoms with Crippen molar-refractivity contribution < 1.29 is 17.9 Å². The third-order valence-electron chi connectivity index (χ3n) is 7.04. The van der Waals surface area contributed by atoms with E-state index in [1.807, 2.05) is 18.2 Å². The van der Waals surface area contributed by atoms with Crippen LogP contribution in [0.15, 0.2) is 48.8 Å². The number of hydrogen-bond donors (Lipinski definition) is 3. The first-order valence-corrected chi connectivity index (χ1v) is 15.2. The van der Waals surface area contributed by atoms with E-state index in [2.05, 4.69) is 53.9 Å². The Morgan fingerprint density at radius 3 is 2.54 bits per heavy atom. The molecule has 1 saturated heterocycles. The van der Waals surface area contributed by atoms with Crippen molar-refractivity contribution in [3.05, 3.63) is 60.2 Å². The van der Waals surface area contributed by atoms with Crippen molar-refractivity contribution in [1.29, 1.82) is 0 Å². The molecule has 0 unspecified atom stereocenters. The highest BCUT2D eigenvalue weighted by Crippen LogP contribution is 2.33. The van der Waals surface area contributed by atoms with Gasteiger partial charge in [0.05, 0.1) is 36.5 Å². The number of aromatic amines is 1. The molecule has 4 aromatic rings. The van der Waals surface area contributed by atoms with Gasteiger partial charge < -0.3 is 10.1 Å². The number of anilines is 2. The quantitative estimate of drug-likeness (QED) is 0.273. The summed E-state index contributed by atoms with van der Waals surface area (Å²) < 4.78 is 31.4. The Balaban J connectivity index is 1.38. The molecule has 216 valence electrons. The van der Waals surface area contributed by atoms with Gasteiger partial charge in [-0.2, -0.15) is 5.10 Å². The lowest BCUT2D eigenvalue weighted by molar-refractivity contribution is 0.101. The van der Waals surface area contributed by atoms with Crippen LogP contribution in [0.1, 0.15) is 30.0 Å². The summed E-state index contributed by atoms with van der Waals surface area (Å²) in [6.45, 7) is 9.07. The van der Waals surface area contributed by atoms with Crippen LogP contribution < -0.4 is 14.8 Å². The normalized spacial score (nSPS) is 14.9. The van der Waals surface area contributed by atoms with Crippen LogP contribution in [-0.4, -0.2) is 89.9 Å². The zero-order valence-corrected chi connectivity index (χ0v) is 24.3. The van der Waals surface area contributed by atoms with Gasteiger partial charge in [-0.1, -0.05) is 6.07 Å². The van der Waals surface area contributed by atoms with E-state index in [9.17, 15) is 13.2 Å². The Labute approximate surface area is 239 Å². The number of nitrogens with zero attached hydrogens (tertiary/aromatic N) is 5. The standard InChI is InChI=1S/C28H34N8O4S/c1-18(2)36-10-8-35(9-11-36)17-21-6-5-7-23(31-21)27(37)32-24-12-19(13-25-22(24)16-30-33-25)20-14-26(34-41(4,38)39)28(40-3)29-15-20/h5-7,12-16,18,34H,8-11,17H2,1-4H3,(H,30,33)(H,32,37). The highest BCUT2D eigenvalue weighted by Gasteiger charge is 2.20. The molecule has 1 aliphatic heterocycles. The first-order valence-electron chi connectivity index (χ1n) is 13.3. The molecule has 4 heterocycles. The van der Waals surface area contributed by atoms with E-state index in [4.69, 9.17) is 4.74 Å². The Hall–Kier alpha value is -4.07. The van der Waals surface area contributed by atoms with E-state index in [1.54, 1.807) is 30.6 Å². The number of aromatic nitrogens is 4. The summed E-state index contributed by atoms with van der Waals surface area (Å²) in [5, 5.41) is 10.8. The summed E-state index contributed by atoms with van der Waals surface area (Å²) in [7, 11) is -2.15. The molecular weight excluding hydrogens is 544 g/mol. The van der Waals surface area contributed by atoms with Gasteiger partial charge in [0.2, 0.25) is 15.9 Å². The summed E-state index contributed by atoms with van der Waals surface area (Å²) in [4.78, 5) is 27.1. The fourth-order valence-electron chi connectivity index (χ4n) is 4.91. The summed E-state index contributed by atoms with van der Waals surface area (Å²) in [5.41, 5.74) is 3.88. The number of nitrogens with one attached hydrogen (secondary N) is 3. The number of hydrogen-bond acceptors (Lipinski definition) is 9. The number of H-pyrrole nitrogens is 1. The SMILES string of the molecule is COc1ncc(-c2cc(NC(=O)c3cccc(CN4CCN(C(C)C)CC4)n3)c3cn[nH]c3c2)cc1NS(C)(=O)=O. The van der Waals surface area contributed by atoms with Crippen LogP contribution in [0.4, 0.5) is 11.4 Å². The van der Waals surface area contributed by atoms with E-state index in [1.165, 1.54) is 7.11 Å². The lowest BCUT2D eigenvalue weighted by Gasteiger charge is -2.36. The highest BCUT2D eigenvalue weighted by atomic mass is 32.2. The molecule has 1 aliphatic rings. The smallest absolute Gasteiger partial charge is 0.274 e. The van der Waals surface area contributed by atoms with Crippen molar-refractivity contribution in [2.24, 2.45) is 0 Å². The van der Waals surface area contributed by atoms with Gasteiger partial charge in [-0.25, -0.2) is 18.4 Å². The van der Waals surface area contributed by atoms with Gasteiger partial charge in [-0.15, -0.1) is 0 Å². The monoisotopic (exact) mass is 578 g/mol. The van der Waals surface area contributed by atoms with Crippen molar-refractivity contribution in [2.45, 2.75) is 26.4 Å². The van der Waals surface area contributed by atoms with Crippen LogP contribution >= 0.6 is 0 Å². The fraction of sp³-hybridized carbons (Fsp3) is 0.357. The molecule has 5 rings (SSSR count). The van der Waals surface area contributed by atoms with Crippen LogP contribution in [0.25, 0.3) is 22.0 Å². The van der Waals surface area contributed by atoms with E-state index in [-0.39, 0.29) is 17.5 Å². The maximum Gasteiger partial charge on any atom is 0.274 e. The predicted molar refractivity (Wildman–Crippen MR) is 159 cm³/mol. The molecule has 0 bridgehead atoms. The molecule has 3 N–H and O–H groups in total. The number of carbonyl (C=O) groups is 1. The van der Waals surface area contributed by atoms with Crippen LogP contribution in [0.2, 0.25) is 0 Å². The van der Waals surface area contributed by atoms with Gasteiger partial charge in [-0.05, 0) is 49.7 Å². The van der Waals surface area contributed by atoms with Gasteiger partial charge in [0, 0.05) is 55.9 Å². The Morgan fingerprint density at radius 1 is 1.07 bits per heavy atom. The Kier molecular flexibility index (Phi) is 8.20. The third-order valence-corrected chi connectivity index (χ3v) is 7.63. The maximum atomic E-state index is 13.4. The van der Waals surface area contributed by atoms with Crippen LogP contribution in [0.3, 0.4) is 0 Å². The molecule has 0 aliphatic carbocycles. The van der Waals surface area contributed by atoms with Crippen LogP contribution in [0, 0.1) is 0 Å². The molecule has 1 fully saturated rings. The molecule has 3 aromatic heterocycles. The second-order valence-corrected chi connectivity index (χ2v) is 12.1. The molecule has 0 saturated carbocycles. The highest BCUT2D eigenvalue weighted by molar-refractivity contribution is 7.92. The maximum absolute atomic E-state index is 13.4. The lowest BCUT2D eigenvalue weighted by Crippen LogP contribution is -2.48. The number of ether oxygens (including phenoxy) is 1. The predicted octanol–water partition coefficient (Wildman–Crippen LogP) is 3.18. The van der Waals surface area contributed by atoms with Crippen LogP contribution in [0.5, 0.6) is 5.88 Å². The zero-order valence-electron chi connectivity index (χ0n) is 23.5. The first kappa shape index (κ1) is 28.5. The van der Waals surface area contributed by atoms with Crippen molar-refractivity contribution >= 4 is 38.2 Å². The van der Waals surface area contributed by atoms with Crippen molar-refractivity contribution in [1.82, 2.24) is 30.0 Å². The zero-order chi connectivity index (χ0) is 29.1. The van der Waals surface area contributed by atoms with E-state index in [0.717, 1.165) is 43.5 Å². The van der Waals surface area contributed by atoms with Gasteiger partial charge >= 0.3 is 0 Å². The second kappa shape index (κ2) is 11.8. The first-order chi connectivity index (χ1) is 19.6. The average Bonchev–Trinajstić information content (AvgIpc) is 3.42. The minimum absolute atomic E-state index is 0.142. The van der Waals surface area contributed by atoms with Crippen molar-refractivity contribution in [3.63, 3.8) is 0 Å². The Morgan fingerprint density at radius 2 is 1.83 bits per heavy atom. The van der Waals surface area contributed by atoms with Gasteiger partial charge in [0.15, 0.2) is 0 Å². The van der Waals surface area contributed by atoms with Crippen LogP contribution in [-0.2, 0) is 16.6 Å². The van der Waals surface area contributed by atoms with Crippen molar-refractivity contribution in [2.75, 3.05) is 49.6 Å². The molecule has 0 spiro atoms. The molecule has 0 radical (unpaired) electrons. The lowest BCUT2D eigenvalue weighted by atomic mass is 10.0. The second-order valence-electron chi connectivity index (χ2n) is 10.4. The van der Waals surface area contributed by atoms with E-state index in [0.29, 0.717) is 40.6 Å². The minimum Gasteiger partial charge on any atom is -0.480 e. The fourth-order valence-corrected chi connectivity index (χ4v) is 5.46. The number of piperazine rings is 1. The van der Waals surface area contributed by atoms with E-state index < -0.39 is 10.0 Å². The Bertz CT molecular complexity index is 1660.